The molecule has 3 aromatic rings. The van der Waals surface area contributed by atoms with E-state index in [9.17, 15) is 8.42 Å². The van der Waals surface area contributed by atoms with Gasteiger partial charge in [0.2, 0.25) is 10.0 Å². The Kier molecular flexibility index (Phi) is 5.50. The average Bonchev–Trinajstić information content (AvgIpc) is 2.84. The molecule has 0 saturated carbocycles. The maximum atomic E-state index is 13.4. The van der Waals surface area contributed by atoms with Gasteiger partial charge in [-0.3, -0.25) is 0 Å². The number of hydrogen-bond acceptors (Lipinski definition) is 6. The molecule has 8 heteroatoms. The lowest BCUT2D eigenvalue weighted by Crippen LogP contribution is -2.49. The van der Waals surface area contributed by atoms with Gasteiger partial charge in [-0.05, 0) is 30.7 Å². The van der Waals surface area contributed by atoms with E-state index in [0.717, 1.165) is 35.5 Å². The van der Waals surface area contributed by atoms with Gasteiger partial charge in [0.1, 0.15) is 18.0 Å². The molecule has 2 aliphatic rings. The lowest BCUT2D eigenvalue weighted by Gasteiger charge is -2.35. The van der Waals surface area contributed by atoms with E-state index in [4.69, 9.17) is 0 Å². The third-order valence-electron chi connectivity index (χ3n) is 6.25. The van der Waals surface area contributed by atoms with E-state index in [1.165, 1.54) is 19.3 Å². The number of nitrogens with zero attached hydrogens (tertiary/aromatic N) is 5. The van der Waals surface area contributed by atoms with Gasteiger partial charge in [0.05, 0.1) is 4.90 Å². The van der Waals surface area contributed by atoms with Crippen LogP contribution in [-0.2, 0) is 10.0 Å². The summed E-state index contributed by atoms with van der Waals surface area (Å²) in [5, 5.41) is 1.71. The van der Waals surface area contributed by atoms with Crippen molar-refractivity contribution in [2.75, 3.05) is 49.1 Å². The number of rotatable bonds is 4. The van der Waals surface area contributed by atoms with Crippen molar-refractivity contribution < 1.29 is 8.42 Å². The van der Waals surface area contributed by atoms with Gasteiger partial charge < -0.3 is 9.80 Å². The Hall–Kier alpha value is -2.71. The van der Waals surface area contributed by atoms with Crippen LogP contribution in [0.4, 0.5) is 11.6 Å². The molecule has 0 unspecified atom stereocenters. The van der Waals surface area contributed by atoms with Crippen molar-refractivity contribution in [2.24, 2.45) is 0 Å². The fraction of sp³-hybridized carbons (Fsp3) is 0.391. The maximum Gasteiger partial charge on any atom is 0.243 e. The Labute approximate surface area is 183 Å². The standard InChI is InChI=1S/C23H27N5O2S/c29-31(30,21-10-6-8-19-7-2-3-9-20(19)21)28-15-13-27(14-16-28)23-17-22(24-18-25-23)26-11-4-1-5-12-26/h2-3,6-10,17-18H,1,4-5,11-16H2. The molecule has 2 fully saturated rings. The molecule has 5 rings (SSSR count). The van der Waals surface area contributed by atoms with Crippen molar-refractivity contribution in [2.45, 2.75) is 24.2 Å². The number of anilines is 2. The highest BCUT2D eigenvalue weighted by atomic mass is 32.2. The molecule has 0 N–H and O–H groups in total. The summed E-state index contributed by atoms with van der Waals surface area (Å²) in [6.07, 6.45) is 5.30. The molecule has 2 aromatic carbocycles. The van der Waals surface area contributed by atoms with Gasteiger partial charge in [-0.2, -0.15) is 4.31 Å². The molecule has 3 heterocycles. The summed E-state index contributed by atoms with van der Waals surface area (Å²) >= 11 is 0. The summed E-state index contributed by atoms with van der Waals surface area (Å²) in [5.74, 6) is 1.84. The first kappa shape index (κ1) is 20.2. The number of piperidine rings is 1. The van der Waals surface area contributed by atoms with Crippen LogP contribution in [0.3, 0.4) is 0 Å². The van der Waals surface area contributed by atoms with Crippen LogP contribution in [0.25, 0.3) is 10.8 Å². The lowest BCUT2D eigenvalue weighted by atomic mass is 10.1. The third kappa shape index (κ3) is 3.97. The molecule has 1 aromatic heterocycles. The predicted molar refractivity (Wildman–Crippen MR) is 123 cm³/mol. The van der Waals surface area contributed by atoms with E-state index >= 15 is 0 Å². The summed E-state index contributed by atoms with van der Waals surface area (Å²) in [4.78, 5) is 13.8. The third-order valence-corrected chi connectivity index (χ3v) is 8.21. The van der Waals surface area contributed by atoms with Crippen LogP contribution in [-0.4, -0.2) is 62.0 Å². The summed E-state index contributed by atoms with van der Waals surface area (Å²) in [7, 11) is -3.55. The van der Waals surface area contributed by atoms with Crippen LogP contribution in [0.15, 0.2) is 59.8 Å². The van der Waals surface area contributed by atoms with E-state index < -0.39 is 10.0 Å². The molecule has 0 aliphatic carbocycles. The Bertz CT molecular complexity index is 1160. The molecule has 2 saturated heterocycles. The molecule has 0 spiro atoms. The van der Waals surface area contributed by atoms with Gasteiger partial charge >= 0.3 is 0 Å². The van der Waals surface area contributed by atoms with Crippen LogP contribution in [0.1, 0.15) is 19.3 Å². The monoisotopic (exact) mass is 437 g/mol. The van der Waals surface area contributed by atoms with E-state index in [2.05, 4.69) is 19.8 Å². The summed E-state index contributed by atoms with van der Waals surface area (Å²) in [6.45, 7) is 4.17. The van der Waals surface area contributed by atoms with Gasteiger partial charge in [0.25, 0.3) is 0 Å². The van der Waals surface area contributed by atoms with Gasteiger partial charge in [0, 0.05) is 50.7 Å². The van der Waals surface area contributed by atoms with Gasteiger partial charge in [0.15, 0.2) is 0 Å². The van der Waals surface area contributed by atoms with Crippen LogP contribution >= 0.6 is 0 Å². The van der Waals surface area contributed by atoms with Crippen molar-refractivity contribution in [1.82, 2.24) is 14.3 Å². The number of piperazine rings is 1. The van der Waals surface area contributed by atoms with E-state index in [1.54, 1.807) is 16.7 Å². The van der Waals surface area contributed by atoms with Crippen molar-refractivity contribution in [3.8, 4) is 0 Å². The van der Waals surface area contributed by atoms with E-state index in [0.29, 0.717) is 31.1 Å². The first-order valence-corrected chi connectivity index (χ1v) is 12.4. The van der Waals surface area contributed by atoms with Gasteiger partial charge in [-0.15, -0.1) is 0 Å². The number of sulfonamides is 1. The normalized spacial score (nSPS) is 18.5. The second-order valence-corrected chi connectivity index (χ2v) is 10.1. The topological polar surface area (TPSA) is 69.6 Å². The molecule has 7 nitrogen and oxygen atoms in total. The van der Waals surface area contributed by atoms with Crippen LogP contribution < -0.4 is 9.80 Å². The van der Waals surface area contributed by atoms with Crippen molar-refractivity contribution in [3.05, 3.63) is 54.9 Å². The molecular weight excluding hydrogens is 410 g/mol. The molecule has 0 bridgehead atoms. The Morgan fingerprint density at radius 1 is 0.710 bits per heavy atom. The number of hydrogen-bond donors (Lipinski definition) is 0. The SMILES string of the molecule is O=S(=O)(c1cccc2ccccc12)N1CCN(c2cc(N3CCCCC3)ncn2)CC1. The molecular formula is C23H27N5O2S. The zero-order valence-corrected chi connectivity index (χ0v) is 18.3. The van der Waals surface area contributed by atoms with E-state index in [1.807, 2.05) is 42.5 Å². The Morgan fingerprint density at radius 2 is 1.35 bits per heavy atom. The highest BCUT2D eigenvalue weighted by Gasteiger charge is 2.30. The van der Waals surface area contributed by atoms with Gasteiger partial charge in [-0.25, -0.2) is 18.4 Å². The van der Waals surface area contributed by atoms with Gasteiger partial charge in [-0.1, -0.05) is 36.4 Å². The zero-order valence-electron chi connectivity index (χ0n) is 17.5. The van der Waals surface area contributed by atoms with E-state index in [-0.39, 0.29) is 0 Å². The molecule has 162 valence electrons. The second kappa shape index (κ2) is 8.43. The lowest BCUT2D eigenvalue weighted by molar-refractivity contribution is 0.384. The minimum absolute atomic E-state index is 0.383. The second-order valence-electron chi connectivity index (χ2n) is 8.15. The highest BCUT2D eigenvalue weighted by Crippen LogP contribution is 2.27. The average molecular weight is 438 g/mol. The zero-order chi connectivity index (χ0) is 21.3. The maximum absolute atomic E-state index is 13.4. The highest BCUT2D eigenvalue weighted by molar-refractivity contribution is 7.89. The number of fused-ring (bicyclic) bond motifs is 1. The van der Waals surface area contributed by atoms with Crippen molar-refractivity contribution in [1.29, 1.82) is 0 Å². The quantitative estimate of drug-likeness (QED) is 0.625. The first-order valence-electron chi connectivity index (χ1n) is 10.9. The molecule has 2 aliphatic heterocycles. The summed E-state index contributed by atoms with van der Waals surface area (Å²) < 4.78 is 28.4. The summed E-state index contributed by atoms with van der Waals surface area (Å²) in [5.41, 5.74) is 0. The van der Waals surface area contributed by atoms with Crippen molar-refractivity contribution in [3.63, 3.8) is 0 Å². The van der Waals surface area contributed by atoms with Crippen LogP contribution in [0.5, 0.6) is 0 Å². The van der Waals surface area contributed by atoms with Crippen molar-refractivity contribution >= 4 is 32.4 Å². The van der Waals surface area contributed by atoms with Crippen LogP contribution in [0, 0.1) is 0 Å². The molecule has 0 atom stereocenters. The number of benzene rings is 2. The Balaban J connectivity index is 1.32. The molecule has 31 heavy (non-hydrogen) atoms. The number of aromatic nitrogens is 2. The predicted octanol–water partition coefficient (Wildman–Crippen LogP) is 3.13. The largest absolute Gasteiger partial charge is 0.356 e. The fourth-order valence-electron chi connectivity index (χ4n) is 4.52. The minimum atomic E-state index is -3.55. The first-order chi connectivity index (χ1) is 15.1. The fourth-order valence-corrected chi connectivity index (χ4v) is 6.16. The smallest absolute Gasteiger partial charge is 0.243 e. The molecule has 0 amide bonds. The van der Waals surface area contributed by atoms with Crippen LogP contribution in [0.2, 0.25) is 0 Å². The Morgan fingerprint density at radius 3 is 2.10 bits per heavy atom. The minimum Gasteiger partial charge on any atom is -0.356 e. The summed E-state index contributed by atoms with van der Waals surface area (Å²) in [6, 6.07) is 15.1. The molecule has 0 radical (unpaired) electrons.